The molecule has 1 aromatic heterocycles. The van der Waals surface area contributed by atoms with Crippen molar-refractivity contribution in [2.75, 3.05) is 26.7 Å². The summed E-state index contributed by atoms with van der Waals surface area (Å²) in [5.41, 5.74) is 4.00. The third kappa shape index (κ3) is 5.29. The summed E-state index contributed by atoms with van der Waals surface area (Å²) in [4.78, 5) is 22.6. The molecule has 0 radical (unpaired) electrons. The van der Waals surface area contributed by atoms with Crippen LogP contribution in [0.3, 0.4) is 0 Å². The summed E-state index contributed by atoms with van der Waals surface area (Å²) < 4.78 is 0. The monoisotopic (exact) mass is 372 g/mol. The Hall–Kier alpha value is -1.92. The van der Waals surface area contributed by atoms with E-state index in [1.807, 2.05) is 35.5 Å². The summed E-state index contributed by atoms with van der Waals surface area (Å²) in [5.74, 6) is 0.543. The van der Waals surface area contributed by atoms with Crippen LogP contribution in [0, 0.1) is 12.8 Å². The largest absolute Gasteiger partial charge is 0.338 e. The summed E-state index contributed by atoms with van der Waals surface area (Å²) >= 11 is 1.61. The number of aryl methyl sites for hydroxylation is 1. The van der Waals surface area contributed by atoms with Gasteiger partial charge in [0.2, 0.25) is 0 Å². The zero-order valence-electron chi connectivity index (χ0n) is 15.6. The molecule has 0 bridgehead atoms. The van der Waals surface area contributed by atoms with Crippen LogP contribution in [0.5, 0.6) is 0 Å². The van der Waals surface area contributed by atoms with Crippen molar-refractivity contribution in [2.45, 2.75) is 32.9 Å². The Bertz CT molecular complexity index is 703. The van der Waals surface area contributed by atoms with Crippen molar-refractivity contribution >= 4 is 17.4 Å². The molecule has 1 atom stereocenters. The molecule has 140 valence electrons. The fourth-order valence-electron chi connectivity index (χ4n) is 3.44. The number of carbonyl (C=O) groups excluding carboxylic acids is 1. The Balaban J connectivity index is 1.63. The molecule has 2 heterocycles. The van der Waals surface area contributed by atoms with Crippen molar-refractivity contribution in [3.63, 3.8) is 0 Å². The molecule has 0 aliphatic carbocycles. The average Bonchev–Trinajstić information content (AvgIpc) is 3.05. The second kappa shape index (κ2) is 9.14. The zero-order valence-corrected chi connectivity index (χ0v) is 16.5. The fraction of sp³-hybridized carbons (Fsp3) is 0.500. The van der Waals surface area contributed by atoms with Crippen molar-refractivity contribution < 1.29 is 4.79 Å². The van der Waals surface area contributed by atoms with Gasteiger partial charge in [0.05, 0.1) is 17.7 Å². The Morgan fingerprint density at radius 3 is 2.85 bits per heavy atom. The molecule has 5 nitrogen and oxygen atoms in total. The van der Waals surface area contributed by atoms with E-state index in [0.717, 1.165) is 35.8 Å². The van der Waals surface area contributed by atoms with Crippen molar-refractivity contribution in [1.82, 2.24) is 20.1 Å². The quantitative estimate of drug-likeness (QED) is 0.844. The van der Waals surface area contributed by atoms with Gasteiger partial charge in [0.25, 0.3) is 0 Å². The Kier molecular flexibility index (Phi) is 6.63. The molecule has 1 unspecified atom stereocenters. The third-order valence-electron chi connectivity index (χ3n) is 4.95. The molecule has 1 aliphatic heterocycles. The van der Waals surface area contributed by atoms with Crippen LogP contribution in [-0.4, -0.2) is 47.5 Å². The van der Waals surface area contributed by atoms with E-state index in [9.17, 15) is 4.79 Å². The highest BCUT2D eigenvalue weighted by molar-refractivity contribution is 7.09. The Morgan fingerprint density at radius 1 is 1.35 bits per heavy atom. The summed E-state index contributed by atoms with van der Waals surface area (Å²) in [7, 11) is 2.16. The first kappa shape index (κ1) is 18.9. The molecule has 1 aromatic carbocycles. The molecule has 1 saturated heterocycles. The number of likely N-dealkylation sites (tertiary alicyclic amines) is 1. The summed E-state index contributed by atoms with van der Waals surface area (Å²) in [6, 6.07) is 10.2. The van der Waals surface area contributed by atoms with Crippen LogP contribution in [0.1, 0.15) is 29.0 Å². The lowest BCUT2D eigenvalue weighted by Gasteiger charge is -2.30. The van der Waals surface area contributed by atoms with Crippen LogP contribution in [-0.2, 0) is 13.1 Å². The molecule has 26 heavy (non-hydrogen) atoms. The summed E-state index contributed by atoms with van der Waals surface area (Å²) in [5, 5.41) is 3.17. The predicted molar refractivity (Wildman–Crippen MR) is 106 cm³/mol. The van der Waals surface area contributed by atoms with Gasteiger partial charge < -0.3 is 15.1 Å². The Morgan fingerprint density at radius 2 is 2.15 bits per heavy atom. The molecule has 1 fully saturated rings. The van der Waals surface area contributed by atoms with Crippen molar-refractivity contribution in [2.24, 2.45) is 5.92 Å². The van der Waals surface area contributed by atoms with Gasteiger partial charge in [-0.3, -0.25) is 0 Å². The first-order valence-electron chi connectivity index (χ1n) is 9.26. The third-order valence-corrected chi connectivity index (χ3v) is 5.87. The van der Waals surface area contributed by atoms with Crippen LogP contribution in [0.2, 0.25) is 0 Å². The number of benzene rings is 1. The van der Waals surface area contributed by atoms with E-state index in [1.54, 1.807) is 11.3 Å². The van der Waals surface area contributed by atoms with Crippen molar-refractivity contribution in [3.8, 4) is 0 Å². The van der Waals surface area contributed by atoms with Crippen LogP contribution < -0.4 is 5.32 Å². The van der Waals surface area contributed by atoms with E-state index in [-0.39, 0.29) is 6.03 Å². The van der Waals surface area contributed by atoms with Crippen LogP contribution in [0.25, 0.3) is 0 Å². The molecule has 2 aromatic rings. The first-order chi connectivity index (χ1) is 12.6. The molecule has 2 amide bonds. The number of hydrogen-bond acceptors (Lipinski definition) is 4. The molecule has 0 saturated carbocycles. The number of nitrogens with one attached hydrogen (secondary N) is 1. The van der Waals surface area contributed by atoms with E-state index in [1.165, 1.54) is 12.8 Å². The lowest BCUT2D eigenvalue weighted by Crippen LogP contribution is -2.44. The van der Waals surface area contributed by atoms with Crippen molar-refractivity contribution in [1.29, 1.82) is 0 Å². The van der Waals surface area contributed by atoms with Gasteiger partial charge in [0, 0.05) is 24.5 Å². The number of hydrogen-bond donors (Lipinski definition) is 1. The van der Waals surface area contributed by atoms with Gasteiger partial charge in [-0.2, -0.15) is 0 Å². The smallest absolute Gasteiger partial charge is 0.318 e. The number of piperidine rings is 1. The predicted octanol–water partition coefficient (Wildman–Crippen LogP) is 3.51. The molecular weight excluding hydrogens is 344 g/mol. The standard InChI is InChI=1S/C20H28N4OS/c1-16-19(26-15-22-16)14-24(13-17-7-4-3-5-8-17)20(25)21-11-18-9-6-10-23(2)12-18/h3-5,7-8,15,18H,6,9-14H2,1-2H3,(H,21,25). The molecule has 1 N–H and O–H groups in total. The SMILES string of the molecule is Cc1ncsc1CN(Cc1ccccc1)C(=O)NCC1CCCN(C)C1. The lowest BCUT2D eigenvalue weighted by atomic mass is 9.99. The highest BCUT2D eigenvalue weighted by Crippen LogP contribution is 2.18. The fourth-order valence-corrected chi connectivity index (χ4v) is 4.23. The van der Waals surface area contributed by atoms with Gasteiger partial charge in [-0.1, -0.05) is 30.3 Å². The number of rotatable bonds is 6. The maximum absolute atomic E-state index is 12.9. The van der Waals surface area contributed by atoms with Gasteiger partial charge in [-0.15, -0.1) is 11.3 Å². The van der Waals surface area contributed by atoms with E-state index in [2.05, 4.69) is 34.4 Å². The Labute approximate surface area is 160 Å². The molecule has 0 spiro atoms. The van der Waals surface area contributed by atoms with Crippen molar-refractivity contribution in [3.05, 3.63) is 52.0 Å². The number of aromatic nitrogens is 1. The van der Waals surface area contributed by atoms with E-state index >= 15 is 0 Å². The van der Waals surface area contributed by atoms with Crippen LogP contribution in [0.15, 0.2) is 35.8 Å². The summed E-state index contributed by atoms with van der Waals surface area (Å²) in [6.07, 6.45) is 2.40. The van der Waals surface area contributed by atoms with Gasteiger partial charge >= 0.3 is 6.03 Å². The van der Waals surface area contributed by atoms with Crippen LogP contribution >= 0.6 is 11.3 Å². The molecule has 1 aliphatic rings. The van der Waals surface area contributed by atoms with Gasteiger partial charge in [-0.25, -0.2) is 9.78 Å². The zero-order chi connectivity index (χ0) is 18.4. The number of urea groups is 1. The number of amides is 2. The molecule has 6 heteroatoms. The van der Waals surface area contributed by atoms with E-state index in [4.69, 9.17) is 0 Å². The van der Waals surface area contributed by atoms with E-state index in [0.29, 0.717) is 19.0 Å². The normalized spacial score (nSPS) is 17.8. The summed E-state index contributed by atoms with van der Waals surface area (Å²) in [6.45, 7) is 6.18. The number of thiazole rings is 1. The van der Waals surface area contributed by atoms with Gasteiger partial charge in [-0.05, 0) is 44.8 Å². The molecule has 3 rings (SSSR count). The van der Waals surface area contributed by atoms with Crippen LogP contribution in [0.4, 0.5) is 4.79 Å². The highest BCUT2D eigenvalue weighted by Gasteiger charge is 2.21. The average molecular weight is 373 g/mol. The maximum atomic E-state index is 12.9. The maximum Gasteiger partial charge on any atom is 0.318 e. The number of carbonyl (C=O) groups is 1. The minimum absolute atomic E-state index is 0.00915. The minimum Gasteiger partial charge on any atom is -0.338 e. The number of nitrogens with zero attached hydrogens (tertiary/aromatic N) is 3. The minimum atomic E-state index is 0.00915. The molecular formula is C20H28N4OS. The highest BCUT2D eigenvalue weighted by atomic mass is 32.1. The second-order valence-corrected chi connectivity index (χ2v) is 8.10. The lowest BCUT2D eigenvalue weighted by molar-refractivity contribution is 0.179. The second-order valence-electron chi connectivity index (χ2n) is 7.16. The first-order valence-corrected chi connectivity index (χ1v) is 10.1. The topological polar surface area (TPSA) is 48.5 Å². The van der Waals surface area contributed by atoms with E-state index < -0.39 is 0 Å². The van der Waals surface area contributed by atoms with Gasteiger partial charge in [0.1, 0.15) is 0 Å². The van der Waals surface area contributed by atoms with Gasteiger partial charge in [0.15, 0.2) is 0 Å².